The first-order chi connectivity index (χ1) is 59.5. The molecule has 8 aliphatic heterocycles. The highest BCUT2D eigenvalue weighted by molar-refractivity contribution is 6.31. The Morgan fingerprint density at radius 3 is 1.56 bits per heavy atom. The Balaban J connectivity index is 0.000000165. The number of benzene rings is 4. The Bertz CT molecular complexity index is 5400. The second-order valence-electron chi connectivity index (χ2n) is 33.3. The number of nitrogens with two attached hydrogens (primary N) is 1. The number of ether oxygens (including phenoxy) is 1. The minimum Gasteiger partial charge on any atom is -0.481 e. The van der Waals surface area contributed by atoms with E-state index in [0.29, 0.717) is 112 Å². The van der Waals surface area contributed by atoms with Gasteiger partial charge in [0.25, 0.3) is 23.6 Å². The van der Waals surface area contributed by atoms with Crippen molar-refractivity contribution in [1.82, 2.24) is 81.0 Å². The molecule has 0 aliphatic carbocycles. The smallest absolute Gasteiger partial charge is 0.408 e. The predicted octanol–water partition coefficient (Wildman–Crippen LogP) is 7.13. The van der Waals surface area contributed by atoms with Gasteiger partial charge in [-0.25, -0.2) is 24.7 Å². The van der Waals surface area contributed by atoms with Crippen LogP contribution in [0.25, 0.3) is 22.1 Å². The number of imide groups is 4. The van der Waals surface area contributed by atoms with Crippen molar-refractivity contribution >= 4 is 140 Å². The molecule has 12 amide bonds. The van der Waals surface area contributed by atoms with Gasteiger partial charge in [-0.05, 0) is 176 Å². The van der Waals surface area contributed by atoms with E-state index in [2.05, 4.69) is 81.4 Å². The van der Waals surface area contributed by atoms with Gasteiger partial charge in [-0.15, -0.1) is 0 Å². The predicted molar refractivity (Wildman–Crippen MR) is 458 cm³/mol. The number of piperidine rings is 5. The van der Waals surface area contributed by atoms with Crippen molar-refractivity contribution < 1.29 is 72.2 Å². The molecular weight excluding hydrogens is 1640 g/mol. The summed E-state index contributed by atoms with van der Waals surface area (Å²) in [5.74, 6) is -4.67. The van der Waals surface area contributed by atoms with E-state index < -0.39 is 88.1 Å². The van der Waals surface area contributed by atoms with E-state index in [9.17, 15) is 62.3 Å². The first-order valence-electron chi connectivity index (χ1n) is 41.9. The average molecular weight is 1740 g/mol. The van der Waals surface area contributed by atoms with Gasteiger partial charge in [0, 0.05) is 113 Å². The fraction of sp³-hybridized carbons (Fsp3) is 0.437. The van der Waals surface area contributed by atoms with Gasteiger partial charge < -0.3 is 66.4 Å². The van der Waals surface area contributed by atoms with Gasteiger partial charge in [-0.1, -0.05) is 72.1 Å². The third-order valence-electron chi connectivity index (χ3n) is 24.0. The third-order valence-corrected chi connectivity index (χ3v) is 24.5. The zero-order chi connectivity index (χ0) is 87.7. The van der Waals surface area contributed by atoms with Crippen LogP contribution in [0.4, 0.5) is 22.1 Å². The van der Waals surface area contributed by atoms with Crippen LogP contribution in [0, 0.1) is 0 Å². The number of aromatic amines is 2. The molecule has 8 aromatic rings. The lowest BCUT2D eigenvalue weighted by Crippen LogP contribution is -2.64. The molecule has 0 radical (unpaired) electrons. The maximum Gasteiger partial charge on any atom is 0.408 e. The molecule has 35 nitrogen and oxygen atoms in total. The van der Waals surface area contributed by atoms with Gasteiger partial charge in [-0.3, -0.25) is 82.9 Å². The van der Waals surface area contributed by atoms with Crippen molar-refractivity contribution in [1.29, 1.82) is 0 Å². The summed E-state index contributed by atoms with van der Waals surface area (Å²) in [5, 5.41) is 28.8. The second-order valence-corrected chi connectivity index (χ2v) is 34.2. The summed E-state index contributed by atoms with van der Waals surface area (Å²) in [7, 11) is 0. The molecule has 652 valence electrons. The number of aromatic nitrogens is 6. The number of fused-ring (bicyclic) bond motifs is 4. The Labute approximate surface area is 724 Å². The van der Waals surface area contributed by atoms with Gasteiger partial charge in [0.05, 0.1) is 57.2 Å². The van der Waals surface area contributed by atoms with Crippen molar-refractivity contribution in [2.75, 3.05) is 100 Å². The summed E-state index contributed by atoms with van der Waals surface area (Å²) in [5.41, 5.74) is 8.68. The molecule has 2 unspecified atom stereocenters. The Morgan fingerprint density at radius 2 is 1.06 bits per heavy atom. The van der Waals surface area contributed by atoms with E-state index in [1.807, 2.05) is 81.7 Å². The molecule has 16 rings (SSSR count). The van der Waals surface area contributed by atoms with Crippen molar-refractivity contribution in [3.63, 3.8) is 0 Å². The molecule has 0 bridgehead atoms. The van der Waals surface area contributed by atoms with Crippen LogP contribution >= 0.6 is 23.2 Å². The molecule has 6 saturated heterocycles. The summed E-state index contributed by atoms with van der Waals surface area (Å²) in [6.07, 6.45) is 13.1. The van der Waals surface area contributed by atoms with E-state index in [1.165, 1.54) is 37.7 Å². The van der Waals surface area contributed by atoms with Gasteiger partial charge in [0.2, 0.25) is 41.4 Å². The number of nitrogens with zero attached hydrogens (tertiary/aromatic N) is 11. The number of amides is 12. The molecule has 0 spiro atoms. The van der Waals surface area contributed by atoms with Gasteiger partial charge in [0.15, 0.2) is 0 Å². The Hall–Kier alpha value is -12.3. The average Bonchev–Trinajstić information content (AvgIpc) is 1.56. The molecule has 4 aromatic carbocycles. The maximum atomic E-state index is 14.3. The fourth-order valence-corrected chi connectivity index (χ4v) is 17.5. The Kier molecular flexibility index (Phi) is 27.1. The number of aryl methyl sites for hydroxylation is 1. The van der Waals surface area contributed by atoms with Crippen LogP contribution in [-0.2, 0) is 49.5 Å². The summed E-state index contributed by atoms with van der Waals surface area (Å²) in [4.78, 5) is 201. The van der Waals surface area contributed by atoms with Gasteiger partial charge in [-0.2, -0.15) is 0 Å². The molecule has 37 heteroatoms. The highest BCUT2D eigenvalue weighted by Crippen LogP contribution is 2.37. The quantitative estimate of drug-likeness (QED) is 0.0285. The van der Waals surface area contributed by atoms with Gasteiger partial charge >= 0.3 is 12.1 Å². The fourth-order valence-electron chi connectivity index (χ4n) is 17.2. The number of aliphatic carboxylic acids is 1. The number of nitrogens with one attached hydrogen (secondary N) is 8. The highest BCUT2D eigenvalue weighted by Gasteiger charge is 2.49. The van der Waals surface area contributed by atoms with Crippen molar-refractivity contribution in [3.8, 4) is 0 Å². The Morgan fingerprint density at radius 1 is 0.573 bits per heavy atom. The van der Waals surface area contributed by atoms with E-state index >= 15 is 0 Å². The lowest BCUT2D eigenvalue weighted by Gasteiger charge is -2.42. The van der Waals surface area contributed by atoms with Crippen LogP contribution < -0.4 is 47.4 Å². The van der Waals surface area contributed by atoms with E-state index in [1.54, 1.807) is 47.6 Å². The molecule has 8 aliphatic rings. The van der Waals surface area contributed by atoms with Crippen LogP contribution in [-0.4, -0.2) is 250 Å². The number of carboxylic acid groups (broad SMARTS) is 1. The molecule has 6 fully saturated rings. The molecule has 4 aromatic heterocycles. The molecule has 0 saturated carbocycles. The topological polar surface area (TPSA) is 455 Å². The molecule has 124 heavy (non-hydrogen) atoms. The number of hydrogen-bond acceptors (Lipinski definition) is 24. The zero-order valence-corrected chi connectivity index (χ0v) is 70.6. The third kappa shape index (κ3) is 20.1. The number of carbonyl (C=O) groups is 13. The summed E-state index contributed by atoms with van der Waals surface area (Å²) >= 11 is 12.4. The normalized spacial score (nSPS) is 19.6. The maximum absolute atomic E-state index is 14.3. The first kappa shape index (κ1) is 88.0. The number of anilines is 3. The second kappa shape index (κ2) is 38.2. The van der Waals surface area contributed by atoms with Crippen LogP contribution in [0.3, 0.4) is 0 Å². The zero-order valence-electron chi connectivity index (χ0n) is 69.1. The van der Waals surface area contributed by atoms with Crippen molar-refractivity contribution in [2.45, 2.75) is 158 Å². The molecule has 4 atom stereocenters. The van der Waals surface area contributed by atoms with Crippen molar-refractivity contribution in [3.05, 3.63) is 171 Å². The van der Waals surface area contributed by atoms with E-state index in [0.717, 1.165) is 80.7 Å². The lowest BCUT2D eigenvalue weighted by molar-refractivity contribution is -0.137. The van der Waals surface area contributed by atoms with E-state index in [4.69, 9.17) is 38.8 Å². The number of likely N-dealkylation sites (tertiary alicyclic amines) is 1. The van der Waals surface area contributed by atoms with Crippen LogP contribution in [0.5, 0.6) is 0 Å². The lowest BCUT2D eigenvalue weighted by atomic mass is 9.85. The summed E-state index contributed by atoms with van der Waals surface area (Å²) in [6.45, 7) is 13.5. The summed E-state index contributed by atoms with van der Waals surface area (Å²) in [6, 6.07) is 25.7. The standard InChI is InChI=1S/C40H44ClN11O6.C31H42ClN7O3.C16H14N2O6/c41-25-6-4-24(5-7-25)28(47-39(58)40(42)12-16-51(17-13-40)35-27-10-14-43-34(27)45-23-46-35)11-15-49-18-20-50(21-19-49)32(54)22-44-29-3-1-2-26-33(29)38(57)52(37(26)56)30-8-9-31(53)48-36(30)55;1-30(2,3)42-29(41)37-31(13-19-39(20-14-31)27-24-11-15-33-26(24)34-21-35-27)28(40)36-25(22-7-9-23(32)10-8-22)12-18-38-16-5-4-6-17-38;19-11-6-5-10(14(22)17-11)18-15(23)9-3-1-2-8(4-7-12(20)21)13(9)16(18)24/h1-7,10,14,23,28,30,44H,8-9,11-13,15-22,42H2,(H,47,58)(H,43,45,46)(H,48,53,55);7-11,15,21,25H,4-6,12-14,16-20H2,1-3H3,(H,36,40)(H,37,41)(H,33,34,35);1-3,10H,4-7H2,(H,20,21)(H,17,19,22)/t28-,30?;25-;/m00./s1. The summed E-state index contributed by atoms with van der Waals surface area (Å²) < 4.78 is 5.61. The first-order valence-corrected chi connectivity index (χ1v) is 42.6. The number of piperazine rings is 1. The van der Waals surface area contributed by atoms with Crippen LogP contribution in [0.2, 0.25) is 10.0 Å². The largest absolute Gasteiger partial charge is 0.481 e. The van der Waals surface area contributed by atoms with E-state index in [-0.39, 0.29) is 97.1 Å². The number of halogens is 2. The number of alkyl carbamates (subject to hydrolysis) is 1. The molecule has 11 N–H and O–H groups in total. The number of carboxylic acids is 1. The number of rotatable bonds is 23. The van der Waals surface area contributed by atoms with Crippen LogP contribution in [0.15, 0.2) is 122 Å². The minimum atomic E-state index is -1.14. The van der Waals surface area contributed by atoms with Crippen molar-refractivity contribution in [2.24, 2.45) is 5.73 Å². The number of H-pyrrole nitrogens is 2. The minimum absolute atomic E-state index is 0.0231. The number of carbonyl (C=O) groups excluding carboxylic acids is 12. The van der Waals surface area contributed by atoms with Gasteiger partial charge in [0.1, 0.15) is 58.8 Å². The van der Waals surface area contributed by atoms with Crippen LogP contribution in [0.1, 0.15) is 181 Å². The molecule has 12 heterocycles. The highest BCUT2D eigenvalue weighted by atomic mass is 35.5. The monoisotopic (exact) mass is 1730 g/mol. The molecular formula is C87H100Cl2N20O15. The SMILES string of the molecule is CC(C)(C)OC(=O)NC1(C(=O)N[C@@H](CCN2CCCCC2)c2ccc(Cl)cc2)CCN(c2ncnc3[nH]ccc23)CC1.NC1(C(=O)N[C@@H](CCN2CCN(C(=O)CNc3cccc4c3C(=O)N(C3CCC(=O)NC3=O)C4=O)CC2)c2ccc(Cl)cc2)CCN(c2ncnc3[nH]ccc23)CC1.O=C(O)CCc1cccc2c1C(=O)N(C1CCC(=O)NC1=O)C2=O. The number of hydrogen-bond donors (Lipinski definition) is 10.